The van der Waals surface area contributed by atoms with Gasteiger partial charge >= 0.3 is 5.97 Å². The molecule has 0 aliphatic carbocycles. The molecule has 20 heteroatoms. The van der Waals surface area contributed by atoms with E-state index in [1.165, 1.54) is 58.1 Å². The third-order valence-electron chi connectivity index (χ3n) is 10.5. The Labute approximate surface area is 379 Å². The van der Waals surface area contributed by atoms with Crippen LogP contribution in [-0.4, -0.2) is 158 Å². The molecule has 342 valence electrons. The van der Waals surface area contributed by atoms with Crippen LogP contribution in [0.15, 0.2) is 85.5 Å². The highest BCUT2D eigenvalue weighted by molar-refractivity contribution is 6.45. The number of ether oxygens (including phenoxy) is 5. The molecule has 19 nitrogen and oxygen atoms in total. The fourth-order valence-electron chi connectivity index (χ4n) is 7.13. The lowest BCUT2D eigenvalue weighted by molar-refractivity contribution is -0.135. The zero-order chi connectivity index (χ0) is 45.8. The Kier molecular flexibility index (Phi) is 17.0. The van der Waals surface area contributed by atoms with E-state index in [4.69, 9.17) is 18.9 Å². The second-order valence-corrected chi connectivity index (χ2v) is 14.1. The summed E-state index contributed by atoms with van der Waals surface area (Å²) in [4.78, 5) is 92.7. The number of pyridine rings is 2. The first-order chi connectivity index (χ1) is 31.1. The van der Waals surface area contributed by atoms with Crippen molar-refractivity contribution >= 4 is 69.5 Å². The molecule has 2 aliphatic rings. The van der Waals surface area contributed by atoms with Crippen molar-refractivity contribution in [2.75, 3.05) is 87.9 Å². The molecule has 3 amide bonds. The number of rotatable bonds is 10. The van der Waals surface area contributed by atoms with Gasteiger partial charge in [0.25, 0.3) is 29.3 Å². The first-order valence-corrected chi connectivity index (χ1v) is 20.1. The molecule has 2 saturated heterocycles. The Morgan fingerprint density at radius 3 is 1.37 bits per heavy atom. The summed E-state index contributed by atoms with van der Waals surface area (Å²) < 4.78 is 25.2. The van der Waals surface area contributed by atoms with Crippen molar-refractivity contribution in [3.05, 3.63) is 108 Å². The van der Waals surface area contributed by atoms with Gasteiger partial charge in [0.1, 0.15) is 22.5 Å². The second-order valence-electron chi connectivity index (χ2n) is 14.1. The van der Waals surface area contributed by atoms with E-state index >= 15 is 0 Å². The number of benzene rings is 2. The molecule has 4 aromatic heterocycles. The molecule has 65 heavy (non-hydrogen) atoms. The fourth-order valence-corrected chi connectivity index (χ4v) is 7.13. The van der Waals surface area contributed by atoms with Crippen molar-refractivity contribution in [3.63, 3.8) is 0 Å². The molecular formula is C45H49ClN8O11. The number of hydrogen-bond donors (Lipinski definition) is 3. The Bertz CT molecular complexity index is 2620. The van der Waals surface area contributed by atoms with Crippen LogP contribution in [0.4, 0.5) is 0 Å². The number of H-pyrrole nitrogens is 2. The average molecular weight is 913 g/mol. The highest BCUT2D eigenvalue weighted by Crippen LogP contribution is 2.34. The van der Waals surface area contributed by atoms with Gasteiger partial charge in [-0.1, -0.05) is 36.4 Å². The summed E-state index contributed by atoms with van der Waals surface area (Å²) >= 11 is 0. The standard InChI is InChI=1S/C22H22N4O5.C12H12N2O5.C11H14N2O.ClH/c1-30-16-13-24-20(31-2)18-17(16)15(12-23-18)19(27)22(29)26-10-8-25(9-11-26)21(28)14-6-4-3-5-7-14;1-17-7-5-14-11(18-2)9-8(7)6(4-13-9)10(15)12(16)19-3;14-11(10-4-2-1-3-5-10)13-8-6-12-7-9-13;/h3-7,12-13,23H,8-11H2,1-2H3;4-5,13H,1-3H3;1-5,12H,6-9H2;1H. The predicted octanol–water partition coefficient (Wildman–Crippen LogP) is 3.84. The summed E-state index contributed by atoms with van der Waals surface area (Å²) in [7, 11) is 6.99. The highest BCUT2D eigenvalue weighted by atomic mass is 35.5. The van der Waals surface area contributed by atoms with Crippen LogP contribution in [0.5, 0.6) is 23.3 Å². The summed E-state index contributed by atoms with van der Waals surface area (Å²) in [5.41, 5.74) is 2.70. The average Bonchev–Trinajstić information content (AvgIpc) is 4.02. The van der Waals surface area contributed by atoms with Crippen molar-refractivity contribution in [1.82, 2.24) is 40.0 Å². The number of aromatic amines is 2. The van der Waals surface area contributed by atoms with E-state index in [1.54, 1.807) is 17.0 Å². The number of fused-ring (bicyclic) bond motifs is 2. The minimum Gasteiger partial charge on any atom is -0.494 e. The maximum atomic E-state index is 13.0. The van der Waals surface area contributed by atoms with Gasteiger partial charge in [0.05, 0.1) is 69.8 Å². The number of Topliss-reactive ketones (excluding diaryl/α,β-unsaturated/α-hetero) is 2. The molecule has 0 atom stereocenters. The molecule has 2 fully saturated rings. The van der Waals surface area contributed by atoms with Crippen molar-refractivity contribution in [2.24, 2.45) is 0 Å². The number of carbonyl (C=O) groups is 6. The summed E-state index contributed by atoms with van der Waals surface area (Å²) in [6.07, 6.45) is 5.73. The minimum atomic E-state index is -0.946. The van der Waals surface area contributed by atoms with Gasteiger partial charge in [0.15, 0.2) is 0 Å². The van der Waals surface area contributed by atoms with E-state index in [0.29, 0.717) is 63.7 Å². The van der Waals surface area contributed by atoms with Gasteiger partial charge in [0, 0.05) is 75.9 Å². The van der Waals surface area contributed by atoms with Crippen LogP contribution in [0, 0.1) is 0 Å². The topological polar surface area (TPSA) is 228 Å². The molecule has 3 N–H and O–H groups in total. The molecule has 8 rings (SSSR count). The maximum absolute atomic E-state index is 13.0. The number of methoxy groups -OCH3 is 5. The monoisotopic (exact) mass is 912 g/mol. The van der Waals surface area contributed by atoms with Crippen molar-refractivity contribution in [1.29, 1.82) is 0 Å². The fraction of sp³-hybridized carbons (Fsp3) is 0.289. The minimum absolute atomic E-state index is 0. The molecule has 0 radical (unpaired) electrons. The second kappa shape index (κ2) is 22.7. The molecule has 2 aliphatic heterocycles. The highest BCUT2D eigenvalue weighted by Gasteiger charge is 2.32. The van der Waals surface area contributed by atoms with Gasteiger partial charge < -0.3 is 53.7 Å². The third-order valence-corrected chi connectivity index (χ3v) is 10.5. The van der Waals surface area contributed by atoms with E-state index in [2.05, 4.69) is 30.0 Å². The molecule has 6 aromatic rings. The summed E-state index contributed by atoms with van der Waals surface area (Å²) in [5.74, 6) is -1.58. The number of esters is 1. The van der Waals surface area contributed by atoms with E-state index < -0.39 is 23.4 Å². The van der Waals surface area contributed by atoms with Gasteiger partial charge in [-0.05, 0) is 24.3 Å². The lowest BCUT2D eigenvalue weighted by Crippen LogP contribution is -2.52. The van der Waals surface area contributed by atoms with Crippen molar-refractivity contribution in [2.45, 2.75) is 0 Å². The van der Waals surface area contributed by atoms with E-state index in [-0.39, 0.29) is 48.4 Å². The number of nitrogens with zero attached hydrogens (tertiary/aromatic N) is 5. The molecule has 2 aromatic carbocycles. The summed E-state index contributed by atoms with van der Waals surface area (Å²) in [5, 5.41) is 4.11. The van der Waals surface area contributed by atoms with Crippen molar-refractivity contribution < 1.29 is 52.5 Å². The molecular weight excluding hydrogens is 864 g/mol. The summed E-state index contributed by atoms with van der Waals surface area (Å²) in [6.45, 7) is 4.73. The normalized spacial score (nSPS) is 13.2. The SMILES string of the molecule is COC(=O)C(=O)c1c[nH]c2c(OC)ncc(OC)c12.COc1ncc(OC)c2c(C(=O)C(=O)N3CCN(C(=O)c4ccccc4)CC3)c[nH]c12.Cl.O=C(c1ccccc1)N1CCNCC1. The van der Waals surface area contributed by atoms with Crippen molar-refractivity contribution in [3.8, 4) is 23.3 Å². The maximum Gasteiger partial charge on any atom is 0.379 e. The van der Waals surface area contributed by atoms with Gasteiger partial charge in [-0.2, -0.15) is 0 Å². The first kappa shape index (κ1) is 48.5. The van der Waals surface area contributed by atoms with Crippen LogP contribution < -0.4 is 24.3 Å². The number of aromatic nitrogens is 4. The van der Waals surface area contributed by atoms with Gasteiger partial charge in [-0.25, -0.2) is 14.8 Å². The molecule has 6 heterocycles. The van der Waals surface area contributed by atoms with Crippen LogP contribution in [0.25, 0.3) is 21.8 Å². The Morgan fingerprint density at radius 1 is 0.538 bits per heavy atom. The van der Waals surface area contributed by atoms with E-state index in [1.807, 2.05) is 53.4 Å². The molecule has 0 spiro atoms. The van der Waals surface area contributed by atoms with Gasteiger partial charge in [-0.3, -0.25) is 24.0 Å². The van der Waals surface area contributed by atoms with Crippen LogP contribution >= 0.6 is 12.4 Å². The third kappa shape index (κ3) is 10.8. The molecule has 0 saturated carbocycles. The Balaban J connectivity index is 0.000000199. The number of hydrogen-bond acceptors (Lipinski definition) is 14. The quantitative estimate of drug-likeness (QED) is 0.101. The summed E-state index contributed by atoms with van der Waals surface area (Å²) in [6, 6.07) is 18.4. The van der Waals surface area contributed by atoms with E-state index in [9.17, 15) is 28.8 Å². The zero-order valence-electron chi connectivity index (χ0n) is 36.4. The lowest BCUT2D eigenvalue weighted by atomic mass is 10.1. The zero-order valence-corrected chi connectivity index (χ0v) is 37.2. The van der Waals surface area contributed by atoms with Crippen LogP contribution in [-0.2, 0) is 14.3 Å². The van der Waals surface area contributed by atoms with Crippen LogP contribution in [0.3, 0.4) is 0 Å². The number of carbonyl (C=O) groups excluding carboxylic acids is 6. The number of halogens is 1. The van der Waals surface area contributed by atoms with Gasteiger partial charge in [0.2, 0.25) is 11.8 Å². The Hall–Kier alpha value is -7.51. The molecule has 0 bridgehead atoms. The van der Waals surface area contributed by atoms with Crippen LogP contribution in [0.1, 0.15) is 41.4 Å². The lowest BCUT2D eigenvalue weighted by Gasteiger charge is -2.34. The predicted molar refractivity (Wildman–Crippen MR) is 240 cm³/mol. The smallest absolute Gasteiger partial charge is 0.379 e. The number of piperazine rings is 2. The number of amides is 3. The number of ketones is 2. The number of nitrogens with one attached hydrogen (secondary N) is 3. The van der Waals surface area contributed by atoms with Crippen LogP contribution in [0.2, 0.25) is 0 Å². The van der Waals surface area contributed by atoms with Gasteiger partial charge in [-0.15, -0.1) is 12.4 Å². The molecule has 0 unspecified atom stereocenters. The Morgan fingerprint density at radius 2 is 0.954 bits per heavy atom. The first-order valence-electron chi connectivity index (χ1n) is 20.1. The largest absolute Gasteiger partial charge is 0.494 e. The van der Waals surface area contributed by atoms with E-state index in [0.717, 1.165) is 38.9 Å².